The quantitative estimate of drug-likeness (QED) is 0.548. The molecule has 0 aliphatic carbocycles. The molecule has 1 aliphatic heterocycles. The highest BCUT2D eigenvalue weighted by Crippen LogP contribution is 2.25. The molecule has 0 radical (unpaired) electrons. The van der Waals surface area contributed by atoms with Crippen LogP contribution in [0.2, 0.25) is 0 Å². The van der Waals surface area contributed by atoms with E-state index in [2.05, 4.69) is 26.1 Å². The Labute approximate surface area is 174 Å². The molecule has 2 aromatic heterocycles. The lowest BCUT2D eigenvalue weighted by Gasteiger charge is -2.34. The topological polar surface area (TPSA) is 77.2 Å². The lowest BCUT2D eigenvalue weighted by molar-refractivity contribution is 0.0741. The van der Waals surface area contributed by atoms with Gasteiger partial charge < -0.3 is 19.5 Å². The molecule has 152 valence electrons. The van der Waals surface area contributed by atoms with Crippen LogP contribution in [0.25, 0.3) is 22.2 Å². The monoisotopic (exact) mass is 401 g/mol. The van der Waals surface area contributed by atoms with Gasteiger partial charge in [-0.25, -0.2) is 0 Å². The van der Waals surface area contributed by atoms with Crippen molar-refractivity contribution in [3.05, 3.63) is 66.4 Å². The van der Waals surface area contributed by atoms with Crippen molar-refractivity contribution in [2.24, 2.45) is 0 Å². The van der Waals surface area contributed by atoms with Crippen LogP contribution in [0.5, 0.6) is 5.75 Å². The van der Waals surface area contributed by atoms with Gasteiger partial charge in [0.2, 0.25) is 0 Å². The number of piperazine rings is 1. The van der Waals surface area contributed by atoms with Gasteiger partial charge in [0.15, 0.2) is 5.82 Å². The molecule has 4 aromatic rings. The largest absolute Gasteiger partial charge is 0.497 e. The minimum absolute atomic E-state index is 0.0480. The number of anilines is 1. The highest BCUT2D eigenvalue weighted by molar-refractivity contribution is 5.98. The summed E-state index contributed by atoms with van der Waals surface area (Å²) in [6.45, 7) is 2.83. The Morgan fingerprint density at radius 3 is 2.50 bits per heavy atom. The third kappa shape index (κ3) is 3.39. The normalized spacial score (nSPS) is 14.3. The molecule has 1 saturated heterocycles. The molecule has 1 aliphatic rings. The molecule has 7 heteroatoms. The number of aromatic nitrogens is 3. The fourth-order valence-electron chi connectivity index (χ4n) is 3.89. The second-order valence-electron chi connectivity index (χ2n) is 7.42. The van der Waals surface area contributed by atoms with Gasteiger partial charge in [-0.15, -0.1) is 0 Å². The van der Waals surface area contributed by atoms with Gasteiger partial charge in [0.25, 0.3) is 5.91 Å². The Morgan fingerprint density at radius 1 is 1.00 bits per heavy atom. The Hall–Kier alpha value is -3.74. The van der Waals surface area contributed by atoms with E-state index in [1.165, 1.54) is 0 Å². The first-order valence-electron chi connectivity index (χ1n) is 10.0. The number of para-hydroxylation sites is 1. The number of hydrogen-bond acceptors (Lipinski definition) is 4. The molecule has 0 unspecified atom stereocenters. The van der Waals surface area contributed by atoms with Crippen LogP contribution < -0.4 is 9.64 Å². The predicted octanol–water partition coefficient (Wildman–Crippen LogP) is 3.53. The van der Waals surface area contributed by atoms with Crippen molar-refractivity contribution < 1.29 is 9.53 Å². The number of hydrogen-bond donors (Lipinski definition) is 2. The third-order valence-electron chi connectivity index (χ3n) is 5.62. The van der Waals surface area contributed by atoms with E-state index in [9.17, 15) is 4.79 Å². The first-order chi connectivity index (χ1) is 14.7. The van der Waals surface area contributed by atoms with Crippen LogP contribution in [0.3, 0.4) is 0 Å². The van der Waals surface area contributed by atoms with Crippen LogP contribution in [0.4, 0.5) is 5.82 Å². The summed E-state index contributed by atoms with van der Waals surface area (Å²) in [7, 11) is 1.66. The van der Waals surface area contributed by atoms with Crippen LogP contribution in [-0.4, -0.2) is 59.3 Å². The van der Waals surface area contributed by atoms with E-state index < -0.39 is 0 Å². The van der Waals surface area contributed by atoms with Gasteiger partial charge in [-0.3, -0.25) is 9.89 Å². The molecule has 0 spiro atoms. The number of H-pyrrole nitrogens is 2. The highest BCUT2D eigenvalue weighted by Gasteiger charge is 2.24. The molecule has 3 heterocycles. The summed E-state index contributed by atoms with van der Waals surface area (Å²) in [5.74, 6) is 1.78. The molecule has 0 bridgehead atoms. The molecule has 7 nitrogen and oxygen atoms in total. The second kappa shape index (κ2) is 7.59. The number of carbonyl (C=O) groups is 1. The van der Waals surface area contributed by atoms with Crippen LogP contribution >= 0.6 is 0 Å². The van der Waals surface area contributed by atoms with Gasteiger partial charge in [-0.1, -0.05) is 18.2 Å². The zero-order valence-corrected chi connectivity index (χ0v) is 16.8. The van der Waals surface area contributed by atoms with Crippen LogP contribution in [0, 0.1) is 0 Å². The second-order valence-corrected chi connectivity index (χ2v) is 7.42. The van der Waals surface area contributed by atoms with Gasteiger partial charge in [-0.2, -0.15) is 5.10 Å². The summed E-state index contributed by atoms with van der Waals surface area (Å²) in [4.78, 5) is 20.2. The molecule has 2 N–H and O–H groups in total. The van der Waals surface area contributed by atoms with E-state index >= 15 is 0 Å². The molecule has 1 amide bonds. The van der Waals surface area contributed by atoms with E-state index in [1.807, 2.05) is 59.5 Å². The summed E-state index contributed by atoms with van der Waals surface area (Å²) < 4.78 is 5.22. The van der Waals surface area contributed by atoms with Crippen molar-refractivity contribution in [3.8, 4) is 17.0 Å². The van der Waals surface area contributed by atoms with Gasteiger partial charge in [0.1, 0.15) is 11.4 Å². The van der Waals surface area contributed by atoms with Gasteiger partial charge in [0.05, 0.1) is 12.8 Å². The maximum absolute atomic E-state index is 12.9. The third-order valence-corrected chi connectivity index (χ3v) is 5.62. The van der Waals surface area contributed by atoms with Crippen molar-refractivity contribution in [1.82, 2.24) is 20.1 Å². The Kier molecular flexibility index (Phi) is 4.63. The SMILES string of the molecule is COc1ccc(-c2cc(N3CCN(C(=O)c4cc5ccccc5[nH]4)CC3)n[nH]2)cc1. The zero-order chi connectivity index (χ0) is 20.5. The van der Waals surface area contributed by atoms with E-state index in [0.717, 1.165) is 46.8 Å². The molecular formula is C23H23N5O2. The molecule has 2 aromatic carbocycles. The van der Waals surface area contributed by atoms with Crippen molar-refractivity contribution in [2.75, 3.05) is 38.2 Å². The van der Waals surface area contributed by atoms with Crippen molar-refractivity contribution in [2.45, 2.75) is 0 Å². The van der Waals surface area contributed by atoms with E-state index in [-0.39, 0.29) is 5.91 Å². The highest BCUT2D eigenvalue weighted by atomic mass is 16.5. The number of aromatic amines is 2. The number of nitrogens with zero attached hydrogens (tertiary/aromatic N) is 3. The summed E-state index contributed by atoms with van der Waals surface area (Å²) in [6.07, 6.45) is 0. The smallest absolute Gasteiger partial charge is 0.270 e. The molecule has 0 atom stereocenters. The Morgan fingerprint density at radius 2 is 1.77 bits per heavy atom. The van der Waals surface area contributed by atoms with E-state index in [4.69, 9.17) is 4.74 Å². The predicted molar refractivity (Wildman–Crippen MR) is 117 cm³/mol. The van der Waals surface area contributed by atoms with E-state index in [1.54, 1.807) is 7.11 Å². The average molecular weight is 401 g/mol. The maximum atomic E-state index is 12.9. The summed E-state index contributed by atoms with van der Waals surface area (Å²) >= 11 is 0. The number of benzene rings is 2. The lowest BCUT2D eigenvalue weighted by atomic mass is 10.1. The number of methoxy groups -OCH3 is 1. The number of amides is 1. The standard InChI is InChI=1S/C23H23N5O2/c1-30-18-8-6-16(7-9-18)20-15-22(26-25-20)27-10-12-28(13-11-27)23(29)21-14-17-4-2-3-5-19(17)24-21/h2-9,14-15,24H,10-13H2,1H3,(H,25,26). The molecule has 30 heavy (non-hydrogen) atoms. The molecule has 0 saturated carbocycles. The number of ether oxygens (including phenoxy) is 1. The van der Waals surface area contributed by atoms with Crippen molar-refractivity contribution >= 4 is 22.6 Å². The number of nitrogens with one attached hydrogen (secondary N) is 2. The first-order valence-corrected chi connectivity index (χ1v) is 10.0. The van der Waals surface area contributed by atoms with Crippen LogP contribution in [0.15, 0.2) is 60.7 Å². The molecular weight excluding hydrogens is 378 g/mol. The fourth-order valence-corrected chi connectivity index (χ4v) is 3.89. The van der Waals surface area contributed by atoms with Crippen LogP contribution in [0.1, 0.15) is 10.5 Å². The number of carbonyl (C=O) groups excluding carboxylic acids is 1. The van der Waals surface area contributed by atoms with E-state index in [0.29, 0.717) is 18.8 Å². The molecule has 5 rings (SSSR count). The minimum atomic E-state index is 0.0480. The average Bonchev–Trinajstić information content (AvgIpc) is 3.46. The molecule has 1 fully saturated rings. The van der Waals surface area contributed by atoms with Crippen molar-refractivity contribution in [3.63, 3.8) is 0 Å². The number of fused-ring (bicyclic) bond motifs is 1. The first kappa shape index (κ1) is 18.3. The summed E-state index contributed by atoms with van der Waals surface area (Å²) in [5.41, 5.74) is 3.65. The van der Waals surface area contributed by atoms with Gasteiger partial charge >= 0.3 is 0 Å². The van der Waals surface area contributed by atoms with Gasteiger partial charge in [0, 0.05) is 43.1 Å². The summed E-state index contributed by atoms with van der Waals surface area (Å²) in [5, 5.41) is 8.65. The Balaban J connectivity index is 1.24. The lowest BCUT2D eigenvalue weighted by Crippen LogP contribution is -2.49. The van der Waals surface area contributed by atoms with Crippen LogP contribution in [-0.2, 0) is 0 Å². The zero-order valence-electron chi connectivity index (χ0n) is 16.8. The minimum Gasteiger partial charge on any atom is -0.497 e. The van der Waals surface area contributed by atoms with Crippen molar-refractivity contribution in [1.29, 1.82) is 0 Å². The van der Waals surface area contributed by atoms with Gasteiger partial charge in [-0.05, 0) is 42.0 Å². The summed E-state index contributed by atoms with van der Waals surface area (Å²) in [6, 6.07) is 19.8. The maximum Gasteiger partial charge on any atom is 0.270 e. The number of rotatable bonds is 4. The Bertz CT molecular complexity index is 1140. The fraction of sp³-hybridized carbons (Fsp3) is 0.217.